The lowest BCUT2D eigenvalue weighted by Crippen LogP contribution is -2.29. The van der Waals surface area contributed by atoms with Crippen LogP contribution in [0.2, 0.25) is 0 Å². The Morgan fingerprint density at radius 2 is 2.25 bits per heavy atom. The number of ether oxygens (including phenoxy) is 1. The highest BCUT2D eigenvalue weighted by Crippen LogP contribution is 2.13. The molecule has 2 rings (SSSR count). The van der Waals surface area contributed by atoms with Gasteiger partial charge in [-0.15, -0.1) is 0 Å². The second-order valence-corrected chi connectivity index (χ2v) is 4.30. The molecule has 1 fully saturated rings. The molecule has 0 radical (unpaired) electrons. The molecular weight excluding hydrogens is 206 g/mol. The largest absolute Gasteiger partial charge is 0.462 e. The molecule has 0 bridgehead atoms. The predicted octanol–water partition coefficient (Wildman–Crippen LogP) is 1.38. The topological polar surface area (TPSA) is 45.8 Å². The van der Waals surface area contributed by atoms with Gasteiger partial charge in [-0.05, 0) is 25.5 Å². The fourth-order valence-corrected chi connectivity index (χ4v) is 2.04. The quantitative estimate of drug-likeness (QED) is 0.844. The first-order valence-electron chi connectivity index (χ1n) is 5.80. The van der Waals surface area contributed by atoms with Crippen LogP contribution in [0.5, 0.6) is 0 Å². The Balaban J connectivity index is 1.92. The Morgan fingerprint density at radius 1 is 1.44 bits per heavy atom. The van der Waals surface area contributed by atoms with Gasteiger partial charge in [-0.3, -0.25) is 4.90 Å². The second-order valence-electron chi connectivity index (χ2n) is 4.30. The molecule has 1 aliphatic heterocycles. The van der Waals surface area contributed by atoms with Gasteiger partial charge >= 0.3 is 0 Å². The average molecular weight is 225 g/mol. The fourth-order valence-electron chi connectivity index (χ4n) is 2.04. The third kappa shape index (κ3) is 3.07. The molecule has 1 unspecified atom stereocenters. The standard InChI is InChI=1S/C12H19NO3/c1-10-7-13(5-2-6-15-10)8-11-3-4-12(9-14)16-11/h3-4,10,14H,2,5-9H2,1H3. The van der Waals surface area contributed by atoms with Crippen LogP contribution in [0.3, 0.4) is 0 Å². The van der Waals surface area contributed by atoms with E-state index in [4.69, 9.17) is 14.3 Å². The van der Waals surface area contributed by atoms with Crippen LogP contribution in [-0.4, -0.2) is 35.8 Å². The van der Waals surface area contributed by atoms with E-state index in [1.165, 1.54) is 0 Å². The third-order valence-electron chi connectivity index (χ3n) is 2.79. The SMILES string of the molecule is CC1CN(Cc2ccc(CO)o2)CCCO1. The summed E-state index contributed by atoms with van der Waals surface area (Å²) < 4.78 is 11.1. The minimum atomic E-state index is -0.0283. The Bertz CT molecular complexity index is 324. The van der Waals surface area contributed by atoms with Gasteiger partial charge in [0.25, 0.3) is 0 Å². The summed E-state index contributed by atoms with van der Waals surface area (Å²) in [6, 6.07) is 3.76. The van der Waals surface area contributed by atoms with Gasteiger partial charge in [0.1, 0.15) is 18.1 Å². The van der Waals surface area contributed by atoms with E-state index in [2.05, 4.69) is 11.8 Å². The molecular formula is C12H19NO3. The number of aliphatic hydroxyl groups is 1. The van der Waals surface area contributed by atoms with Crippen LogP contribution in [0.25, 0.3) is 0 Å². The second kappa shape index (κ2) is 5.48. The molecule has 1 aliphatic rings. The van der Waals surface area contributed by atoms with Crippen LogP contribution >= 0.6 is 0 Å². The van der Waals surface area contributed by atoms with Crippen LogP contribution in [0.4, 0.5) is 0 Å². The maximum absolute atomic E-state index is 8.92. The zero-order chi connectivity index (χ0) is 11.4. The molecule has 4 heteroatoms. The van der Waals surface area contributed by atoms with Crippen LogP contribution in [0.15, 0.2) is 16.5 Å². The van der Waals surface area contributed by atoms with E-state index in [1.807, 2.05) is 12.1 Å². The summed E-state index contributed by atoms with van der Waals surface area (Å²) in [7, 11) is 0. The summed E-state index contributed by atoms with van der Waals surface area (Å²) in [5.74, 6) is 1.55. The van der Waals surface area contributed by atoms with Crippen molar-refractivity contribution in [2.45, 2.75) is 32.6 Å². The highest BCUT2D eigenvalue weighted by Gasteiger charge is 2.16. The van der Waals surface area contributed by atoms with Gasteiger partial charge in [0, 0.05) is 19.7 Å². The van der Waals surface area contributed by atoms with Crippen molar-refractivity contribution in [3.63, 3.8) is 0 Å². The Labute approximate surface area is 95.8 Å². The molecule has 1 aromatic heterocycles. The molecule has 0 amide bonds. The van der Waals surface area contributed by atoms with Crippen molar-refractivity contribution in [2.75, 3.05) is 19.7 Å². The number of rotatable bonds is 3. The van der Waals surface area contributed by atoms with Gasteiger partial charge in [0.2, 0.25) is 0 Å². The maximum atomic E-state index is 8.92. The van der Waals surface area contributed by atoms with Crippen molar-refractivity contribution in [1.29, 1.82) is 0 Å². The van der Waals surface area contributed by atoms with Gasteiger partial charge in [-0.2, -0.15) is 0 Å². The molecule has 0 spiro atoms. The summed E-state index contributed by atoms with van der Waals surface area (Å²) in [6.07, 6.45) is 1.35. The minimum absolute atomic E-state index is 0.0283. The van der Waals surface area contributed by atoms with Crippen LogP contribution in [-0.2, 0) is 17.9 Å². The van der Waals surface area contributed by atoms with Crippen LogP contribution in [0, 0.1) is 0 Å². The molecule has 0 aromatic carbocycles. The van der Waals surface area contributed by atoms with E-state index in [0.717, 1.165) is 38.4 Å². The number of hydrogen-bond acceptors (Lipinski definition) is 4. The number of aliphatic hydroxyl groups excluding tert-OH is 1. The Hall–Kier alpha value is -0.840. The van der Waals surface area contributed by atoms with E-state index < -0.39 is 0 Å². The van der Waals surface area contributed by atoms with Gasteiger partial charge in [-0.1, -0.05) is 0 Å². The van der Waals surface area contributed by atoms with E-state index in [0.29, 0.717) is 5.76 Å². The molecule has 0 aliphatic carbocycles. The maximum Gasteiger partial charge on any atom is 0.129 e. The van der Waals surface area contributed by atoms with Gasteiger partial charge < -0.3 is 14.3 Å². The molecule has 0 saturated carbocycles. The first kappa shape index (κ1) is 11.6. The molecule has 90 valence electrons. The number of furan rings is 1. The lowest BCUT2D eigenvalue weighted by molar-refractivity contribution is 0.0657. The number of hydrogen-bond donors (Lipinski definition) is 1. The van der Waals surface area contributed by atoms with E-state index in [9.17, 15) is 0 Å². The molecule has 1 aromatic rings. The van der Waals surface area contributed by atoms with Crippen molar-refractivity contribution in [3.05, 3.63) is 23.7 Å². The summed E-state index contributed by atoms with van der Waals surface area (Å²) in [5.41, 5.74) is 0. The Morgan fingerprint density at radius 3 is 3.00 bits per heavy atom. The molecule has 16 heavy (non-hydrogen) atoms. The summed E-state index contributed by atoms with van der Waals surface area (Å²) in [5, 5.41) is 8.92. The highest BCUT2D eigenvalue weighted by atomic mass is 16.5. The van der Waals surface area contributed by atoms with Gasteiger partial charge in [0.05, 0.1) is 12.6 Å². The van der Waals surface area contributed by atoms with Crippen molar-refractivity contribution in [3.8, 4) is 0 Å². The van der Waals surface area contributed by atoms with E-state index in [-0.39, 0.29) is 12.7 Å². The van der Waals surface area contributed by atoms with Gasteiger partial charge in [0.15, 0.2) is 0 Å². The van der Waals surface area contributed by atoms with Gasteiger partial charge in [-0.25, -0.2) is 0 Å². The van der Waals surface area contributed by atoms with Crippen molar-refractivity contribution in [1.82, 2.24) is 4.90 Å². The van der Waals surface area contributed by atoms with E-state index in [1.54, 1.807) is 0 Å². The summed E-state index contributed by atoms with van der Waals surface area (Å²) in [4.78, 5) is 2.33. The molecule has 2 heterocycles. The first-order chi connectivity index (χ1) is 7.78. The summed E-state index contributed by atoms with van der Waals surface area (Å²) in [6.45, 7) is 5.69. The van der Waals surface area contributed by atoms with Crippen molar-refractivity contribution in [2.24, 2.45) is 0 Å². The predicted molar refractivity (Wildman–Crippen MR) is 59.9 cm³/mol. The Kier molecular flexibility index (Phi) is 3.98. The summed E-state index contributed by atoms with van der Waals surface area (Å²) >= 11 is 0. The zero-order valence-electron chi connectivity index (χ0n) is 9.69. The lowest BCUT2D eigenvalue weighted by Gasteiger charge is -2.20. The molecule has 1 saturated heterocycles. The molecule has 4 nitrogen and oxygen atoms in total. The van der Waals surface area contributed by atoms with E-state index >= 15 is 0 Å². The normalized spacial score (nSPS) is 23.2. The van der Waals surface area contributed by atoms with Crippen molar-refractivity contribution >= 4 is 0 Å². The number of nitrogens with zero attached hydrogens (tertiary/aromatic N) is 1. The minimum Gasteiger partial charge on any atom is -0.462 e. The third-order valence-corrected chi connectivity index (χ3v) is 2.79. The fraction of sp³-hybridized carbons (Fsp3) is 0.667. The molecule has 1 atom stereocenters. The smallest absolute Gasteiger partial charge is 0.129 e. The monoisotopic (exact) mass is 225 g/mol. The molecule has 1 N–H and O–H groups in total. The lowest BCUT2D eigenvalue weighted by atomic mass is 10.3. The van der Waals surface area contributed by atoms with Crippen LogP contribution < -0.4 is 0 Å². The van der Waals surface area contributed by atoms with Crippen LogP contribution in [0.1, 0.15) is 24.9 Å². The van der Waals surface area contributed by atoms with Crippen molar-refractivity contribution < 1.29 is 14.3 Å². The zero-order valence-corrected chi connectivity index (χ0v) is 9.69. The average Bonchev–Trinajstić information content (AvgIpc) is 2.62. The first-order valence-corrected chi connectivity index (χ1v) is 5.80. The highest BCUT2D eigenvalue weighted by molar-refractivity contribution is 5.06.